The highest BCUT2D eigenvalue weighted by Crippen LogP contribution is 2.28. The van der Waals surface area contributed by atoms with Crippen molar-refractivity contribution in [3.63, 3.8) is 0 Å². The fourth-order valence-electron chi connectivity index (χ4n) is 1.54. The van der Waals surface area contributed by atoms with E-state index in [0.29, 0.717) is 11.5 Å². The van der Waals surface area contributed by atoms with Crippen LogP contribution >= 0.6 is 15.9 Å². The van der Waals surface area contributed by atoms with E-state index in [4.69, 9.17) is 10.00 Å². The lowest BCUT2D eigenvalue weighted by Gasteiger charge is -2.09. The van der Waals surface area contributed by atoms with E-state index in [1.807, 2.05) is 25.1 Å². The molecule has 0 amide bonds. The molecule has 0 aliphatic heterocycles. The molecule has 0 radical (unpaired) electrons. The van der Waals surface area contributed by atoms with Crippen molar-refractivity contribution in [2.45, 2.75) is 6.92 Å². The Labute approximate surface area is 113 Å². The van der Waals surface area contributed by atoms with Gasteiger partial charge in [0.2, 0.25) is 0 Å². The minimum Gasteiger partial charge on any atom is -0.457 e. The van der Waals surface area contributed by atoms with E-state index in [9.17, 15) is 4.39 Å². The number of aryl methyl sites for hydroxylation is 1. The zero-order valence-corrected chi connectivity index (χ0v) is 11.2. The zero-order valence-electron chi connectivity index (χ0n) is 9.58. The molecule has 0 heterocycles. The van der Waals surface area contributed by atoms with Gasteiger partial charge in [0.15, 0.2) is 0 Å². The van der Waals surface area contributed by atoms with Gasteiger partial charge in [-0.3, -0.25) is 0 Å². The highest BCUT2D eigenvalue weighted by Gasteiger charge is 2.05. The molecule has 0 fully saturated rings. The summed E-state index contributed by atoms with van der Waals surface area (Å²) in [4.78, 5) is 0. The molecule has 0 aliphatic rings. The number of rotatable bonds is 2. The normalized spacial score (nSPS) is 9.89. The maximum Gasteiger partial charge on any atom is 0.131 e. The maximum atomic E-state index is 13.2. The minimum absolute atomic E-state index is 0.236. The quantitative estimate of drug-likeness (QED) is 0.815. The number of benzene rings is 2. The molecule has 0 aliphatic carbocycles. The van der Waals surface area contributed by atoms with Crippen LogP contribution < -0.4 is 4.74 Å². The lowest BCUT2D eigenvalue weighted by molar-refractivity contribution is 0.473. The largest absolute Gasteiger partial charge is 0.457 e. The average Bonchev–Trinajstić information content (AvgIpc) is 2.32. The SMILES string of the molecule is Cc1cc(Br)ccc1Oc1cc(F)cc(C#N)c1. The van der Waals surface area contributed by atoms with Gasteiger partial charge in [0.05, 0.1) is 11.6 Å². The Hall–Kier alpha value is -1.86. The van der Waals surface area contributed by atoms with Gasteiger partial charge in [-0.2, -0.15) is 5.26 Å². The van der Waals surface area contributed by atoms with E-state index < -0.39 is 5.82 Å². The van der Waals surface area contributed by atoms with Crippen LogP contribution in [0.5, 0.6) is 11.5 Å². The van der Waals surface area contributed by atoms with Gasteiger partial charge < -0.3 is 4.74 Å². The van der Waals surface area contributed by atoms with Gasteiger partial charge in [-0.15, -0.1) is 0 Å². The van der Waals surface area contributed by atoms with Gasteiger partial charge in [-0.1, -0.05) is 15.9 Å². The predicted molar refractivity (Wildman–Crippen MR) is 70.1 cm³/mol. The summed E-state index contributed by atoms with van der Waals surface area (Å²) in [5.41, 5.74) is 1.16. The van der Waals surface area contributed by atoms with Crippen LogP contribution in [0.1, 0.15) is 11.1 Å². The second-order valence-corrected chi connectivity index (χ2v) is 4.71. The zero-order chi connectivity index (χ0) is 13.1. The molecule has 18 heavy (non-hydrogen) atoms. The van der Waals surface area contributed by atoms with Crippen molar-refractivity contribution in [1.29, 1.82) is 5.26 Å². The van der Waals surface area contributed by atoms with Crippen molar-refractivity contribution in [3.8, 4) is 17.6 Å². The highest BCUT2D eigenvalue weighted by molar-refractivity contribution is 9.10. The summed E-state index contributed by atoms with van der Waals surface area (Å²) in [5.74, 6) is 0.462. The highest BCUT2D eigenvalue weighted by atomic mass is 79.9. The van der Waals surface area contributed by atoms with Crippen LogP contribution in [0.4, 0.5) is 4.39 Å². The Morgan fingerprint density at radius 3 is 2.67 bits per heavy atom. The average molecular weight is 306 g/mol. The van der Waals surface area contributed by atoms with Crippen LogP contribution in [0.3, 0.4) is 0 Å². The summed E-state index contributed by atoms with van der Waals surface area (Å²) in [6.45, 7) is 1.89. The van der Waals surface area contributed by atoms with Gasteiger partial charge in [-0.25, -0.2) is 4.39 Å². The van der Waals surface area contributed by atoms with Crippen molar-refractivity contribution in [1.82, 2.24) is 0 Å². The number of nitriles is 1. The number of hydrogen-bond acceptors (Lipinski definition) is 2. The van der Waals surface area contributed by atoms with Gasteiger partial charge >= 0.3 is 0 Å². The van der Waals surface area contributed by atoms with Crippen molar-refractivity contribution in [3.05, 3.63) is 57.8 Å². The molecule has 0 bridgehead atoms. The fraction of sp³-hybridized carbons (Fsp3) is 0.0714. The predicted octanol–water partition coefficient (Wildman–Crippen LogP) is 4.56. The van der Waals surface area contributed by atoms with Crippen molar-refractivity contribution in [2.24, 2.45) is 0 Å². The lowest BCUT2D eigenvalue weighted by atomic mass is 10.2. The first-order valence-electron chi connectivity index (χ1n) is 5.23. The molecule has 2 nitrogen and oxygen atoms in total. The number of halogens is 2. The molecule has 0 aromatic heterocycles. The standard InChI is InChI=1S/C14H9BrFNO/c1-9-4-11(15)2-3-14(9)18-13-6-10(8-17)5-12(16)7-13/h2-7H,1H3. The van der Waals surface area contributed by atoms with E-state index in [-0.39, 0.29) is 5.56 Å². The van der Waals surface area contributed by atoms with Crippen molar-refractivity contribution < 1.29 is 9.13 Å². The monoisotopic (exact) mass is 305 g/mol. The van der Waals surface area contributed by atoms with E-state index >= 15 is 0 Å². The van der Waals surface area contributed by atoms with Crippen LogP contribution in [0, 0.1) is 24.1 Å². The first-order valence-corrected chi connectivity index (χ1v) is 6.02. The Morgan fingerprint density at radius 2 is 2.00 bits per heavy atom. The molecule has 4 heteroatoms. The second kappa shape index (κ2) is 5.19. The molecule has 0 N–H and O–H groups in total. The van der Waals surface area contributed by atoms with Crippen molar-refractivity contribution in [2.75, 3.05) is 0 Å². The molecule has 2 aromatic rings. The van der Waals surface area contributed by atoms with Gasteiger partial charge in [0, 0.05) is 10.5 Å². The summed E-state index contributed by atoms with van der Waals surface area (Å²) in [6, 6.07) is 11.3. The third kappa shape index (κ3) is 2.88. The topological polar surface area (TPSA) is 33.0 Å². The van der Waals surface area contributed by atoms with Crippen LogP contribution in [-0.2, 0) is 0 Å². The molecule has 2 rings (SSSR count). The third-order valence-electron chi connectivity index (χ3n) is 2.37. The van der Waals surface area contributed by atoms with Crippen molar-refractivity contribution >= 4 is 15.9 Å². The Kier molecular flexibility index (Phi) is 3.63. The van der Waals surface area contributed by atoms with Crippen LogP contribution in [0.15, 0.2) is 40.9 Å². The third-order valence-corrected chi connectivity index (χ3v) is 2.86. The Morgan fingerprint density at radius 1 is 1.22 bits per heavy atom. The molecule has 90 valence electrons. The first-order chi connectivity index (χ1) is 8.58. The first kappa shape index (κ1) is 12.6. The Balaban J connectivity index is 2.34. The Bertz CT molecular complexity index is 634. The maximum absolute atomic E-state index is 13.2. The van der Waals surface area contributed by atoms with Crippen LogP contribution in [-0.4, -0.2) is 0 Å². The number of nitrogens with zero attached hydrogens (tertiary/aromatic N) is 1. The molecular formula is C14H9BrFNO. The minimum atomic E-state index is -0.487. The second-order valence-electron chi connectivity index (χ2n) is 3.80. The lowest BCUT2D eigenvalue weighted by Crippen LogP contribution is -1.90. The molecule has 0 saturated heterocycles. The number of ether oxygens (including phenoxy) is 1. The molecule has 2 aromatic carbocycles. The van der Waals surface area contributed by atoms with Crippen LogP contribution in [0.25, 0.3) is 0 Å². The summed E-state index contributed by atoms with van der Waals surface area (Å²) >= 11 is 3.36. The fourth-order valence-corrected chi connectivity index (χ4v) is 2.02. The molecule has 0 atom stereocenters. The smallest absolute Gasteiger partial charge is 0.131 e. The molecule has 0 spiro atoms. The summed E-state index contributed by atoms with van der Waals surface area (Å²) in [7, 11) is 0. The number of hydrogen-bond donors (Lipinski definition) is 0. The van der Waals surface area contributed by atoms with E-state index in [1.165, 1.54) is 18.2 Å². The summed E-state index contributed by atoms with van der Waals surface area (Å²) < 4.78 is 19.8. The van der Waals surface area contributed by atoms with E-state index in [0.717, 1.165) is 10.0 Å². The summed E-state index contributed by atoms with van der Waals surface area (Å²) in [5, 5.41) is 8.77. The van der Waals surface area contributed by atoms with Crippen LogP contribution in [0.2, 0.25) is 0 Å². The molecular weight excluding hydrogens is 297 g/mol. The van der Waals surface area contributed by atoms with E-state index in [2.05, 4.69) is 15.9 Å². The molecule has 0 unspecified atom stereocenters. The summed E-state index contributed by atoms with van der Waals surface area (Å²) in [6.07, 6.45) is 0. The van der Waals surface area contributed by atoms with E-state index in [1.54, 1.807) is 6.07 Å². The van der Waals surface area contributed by atoms with Gasteiger partial charge in [0.25, 0.3) is 0 Å². The molecule has 0 saturated carbocycles. The van der Waals surface area contributed by atoms with Gasteiger partial charge in [-0.05, 0) is 42.8 Å². The van der Waals surface area contributed by atoms with Gasteiger partial charge in [0.1, 0.15) is 17.3 Å².